The van der Waals surface area contributed by atoms with Crippen molar-refractivity contribution in [1.29, 1.82) is 0 Å². The zero-order valence-corrected chi connectivity index (χ0v) is 11.1. The van der Waals surface area contributed by atoms with Crippen LogP contribution in [0, 0.1) is 0 Å². The maximum atomic E-state index is 12.3. The molecule has 0 spiro atoms. The van der Waals surface area contributed by atoms with Crippen molar-refractivity contribution in [3.8, 4) is 0 Å². The number of carbonyl (C=O) groups excluding carboxylic acids is 1. The summed E-state index contributed by atoms with van der Waals surface area (Å²) in [7, 11) is 3.26. The van der Waals surface area contributed by atoms with E-state index in [1.54, 1.807) is 25.2 Å². The molecule has 5 nitrogen and oxygen atoms in total. The number of hydrogen-bond donors (Lipinski definition) is 0. The lowest BCUT2D eigenvalue weighted by Crippen LogP contribution is -2.38. The molecule has 2 rings (SSSR count). The summed E-state index contributed by atoms with van der Waals surface area (Å²) >= 11 is 5.83. The second kappa shape index (κ2) is 5.73. The predicted molar refractivity (Wildman–Crippen MR) is 65.8 cm³/mol. The molecule has 100 valence electrons. The average Bonchev–Trinajstić information content (AvgIpc) is 2.95. The first kappa shape index (κ1) is 13.4. The number of rotatable bonds is 4. The minimum absolute atomic E-state index is 0.0124. The predicted octanol–water partition coefficient (Wildman–Crippen LogP) is 1.81. The number of carbonyl (C=O) groups is 1. The third-order valence-corrected chi connectivity index (χ3v) is 3.47. The summed E-state index contributed by atoms with van der Waals surface area (Å²) in [5, 5.41) is 0.122. The van der Waals surface area contributed by atoms with Crippen molar-refractivity contribution in [3.63, 3.8) is 0 Å². The van der Waals surface area contributed by atoms with Gasteiger partial charge in [-0.3, -0.25) is 4.79 Å². The second-order valence-corrected chi connectivity index (χ2v) is 4.61. The van der Waals surface area contributed by atoms with Crippen LogP contribution in [0.5, 0.6) is 0 Å². The van der Waals surface area contributed by atoms with Crippen molar-refractivity contribution in [3.05, 3.63) is 23.1 Å². The molecule has 1 aliphatic rings. The molecule has 0 bridgehead atoms. The van der Waals surface area contributed by atoms with Crippen molar-refractivity contribution >= 4 is 17.5 Å². The Morgan fingerprint density at radius 1 is 1.61 bits per heavy atom. The van der Waals surface area contributed by atoms with Gasteiger partial charge in [0.15, 0.2) is 0 Å². The molecular weight excluding hydrogens is 258 g/mol. The molecule has 1 fully saturated rings. The SMILES string of the molecule is COC[C@@H]1C[C@@H](OC)CN1C(=O)c1ccoc1Cl. The zero-order chi connectivity index (χ0) is 13.1. The van der Waals surface area contributed by atoms with Gasteiger partial charge >= 0.3 is 0 Å². The molecule has 0 aromatic carbocycles. The third kappa shape index (κ3) is 2.53. The summed E-state index contributed by atoms with van der Waals surface area (Å²) in [5.74, 6) is -0.143. The molecule has 1 aromatic heterocycles. The summed E-state index contributed by atoms with van der Waals surface area (Å²) < 4.78 is 15.4. The van der Waals surface area contributed by atoms with Gasteiger partial charge in [-0.2, -0.15) is 0 Å². The van der Waals surface area contributed by atoms with Crippen molar-refractivity contribution in [1.82, 2.24) is 4.90 Å². The quantitative estimate of drug-likeness (QED) is 0.840. The van der Waals surface area contributed by atoms with Crippen LogP contribution >= 0.6 is 11.6 Å². The molecule has 0 N–H and O–H groups in total. The van der Waals surface area contributed by atoms with E-state index in [0.717, 1.165) is 6.42 Å². The fourth-order valence-electron chi connectivity index (χ4n) is 2.24. The van der Waals surface area contributed by atoms with Gasteiger partial charge in [0.2, 0.25) is 5.22 Å². The number of methoxy groups -OCH3 is 2. The number of furan rings is 1. The van der Waals surface area contributed by atoms with Crippen LogP contribution in [0.1, 0.15) is 16.8 Å². The van der Waals surface area contributed by atoms with E-state index in [9.17, 15) is 4.79 Å². The molecule has 0 aliphatic carbocycles. The molecule has 1 amide bonds. The van der Waals surface area contributed by atoms with E-state index >= 15 is 0 Å². The lowest BCUT2D eigenvalue weighted by atomic mass is 10.2. The van der Waals surface area contributed by atoms with E-state index in [4.69, 9.17) is 25.5 Å². The van der Waals surface area contributed by atoms with Gasteiger partial charge in [-0.15, -0.1) is 0 Å². The van der Waals surface area contributed by atoms with E-state index < -0.39 is 0 Å². The summed E-state index contributed by atoms with van der Waals surface area (Å²) in [5.41, 5.74) is 0.384. The zero-order valence-electron chi connectivity index (χ0n) is 10.4. The Hall–Kier alpha value is -1.04. The molecule has 1 aromatic rings. The van der Waals surface area contributed by atoms with Crippen molar-refractivity contribution in [2.75, 3.05) is 27.4 Å². The van der Waals surface area contributed by atoms with Crippen LogP contribution < -0.4 is 0 Å². The fraction of sp³-hybridized carbons (Fsp3) is 0.583. The molecule has 2 atom stereocenters. The van der Waals surface area contributed by atoms with E-state index in [2.05, 4.69) is 0 Å². The molecular formula is C12H16ClNO4. The van der Waals surface area contributed by atoms with Crippen molar-refractivity contribution < 1.29 is 18.7 Å². The summed E-state index contributed by atoms with van der Waals surface area (Å²) in [4.78, 5) is 14.1. The van der Waals surface area contributed by atoms with Crippen molar-refractivity contribution in [2.24, 2.45) is 0 Å². The van der Waals surface area contributed by atoms with Gasteiger partial charge in [0.25, 0.3) is 5.91 Å². The maximum Gasteiger partial charge on any atom is 0.259 e. The normalized spacial score (nSPS) is 23.6. The standard InChI is InChI=1S/C12H16ClNO4/c1-16-7-8-5-9(17-2)6-14(8)12(15)10-3-4-18-11(10)13/h3-4,8-9H,5-7H2,1-2H3/t8-,9+/m0/s1. The van der Waals surface area contributed by atoms with Crippen LogP contribution in [0.25, 0.3) is 0 Å². The number of nitrogens with zero attached hydrogens (tertiary/aromatic N) is 1. The monoisotopic (exact) mass is 273 g/mol. The highest BCUT2D eigenvalue weighted by Gasteiger charge is 2.36. The van der Waals surface area contributed by atoms with Gasteiger partial charge in [0, 0.05) is 20.8 Å². The Kier molecular flexibility index (Phi) is 4.27. The Balaban J connectivity index is 2.15. The maximum absolute atomic E-state index is 12.3. The summed E-state index contributed by atoms with van der Waals surface area (Å²) in [6.07, 6.45) is 2.22. The first-order valence-corrected chi connectivity index (χ1v) is 6.10. The summed E-state index contributed by atoms with van der Waals surface area (Å²) in [6, 6.07) is 1.59. The highest BCUT2D eigenvalue weighted by Crippen LogP contribution is 2.25. The van der Waals surface area contributed by atoms with Crippen molar-refractivity contribution in [2.45, 2.75) is 18.6 Å². The molecule has 6 heteroatoms. The highest BCUT2D eigenvalue weighted by atomic mass is 35.5. The first-order chi connectivity index (χ1) is 8.67. The number of amides is 1. The van der Waals surface area contributed by atoms with E-state index in [1.807, 2.05) is 0 Å². The number of hydrogen-bond acceptors (Lipinski definition) is 4. The fourth-order valence-corrected chi connectivity index (χ4v) is 2.44. The first-order valence-electron chi connectivity index (χ1n) is 5.73. The van der Waals surface area contributed by atoms with Gasteiger partial charge in [-0.25, -0.2) is 0 Å². The topological polar surface area (TPSA) is 51.9 Å². The Morgan fingerprint density at radius 2 is 2.39 bits per heavy atom. The lowest BCUT2D eigenvalue weighted by molar-refractivity contribution is 0.0611. The minimum Gasteiger partial charge on any atom is -0.452 e. The van der Waals surface area contributed by atoms with Crippen LogP contribution in [-0.2, 0) is 9.47 Å². The third-order valence-electron chi connectivity index (χ3n) is 3.18. The highest BCUT2D eigenvalue weighted by molar-refractivity contribution is 6.32. The Labute approximate surface area is 111 Å². The number of likely N-dealkylation sites (tertiary alicyclic amines) is 1. The smallest absolute Gasteiger partial charge is 0.259 e. The van der Waals surface area contributed by atoms with E-state index in [1.165, 1.54) is 6.26 Å². The Bertz CT molecular complexity index is 420. The summed E-state index contributed by atoms with van der Waals surface area (Å²) in [6.45, 7) is 1.03. The molecule has 18 heavy (non-hydrogen) atoms. The van der Waals surface area contributed by atoms with Gasteiger partial charge in [0.05, 0.1) is 30.6 Å². The van der Waals surface area contributed by atoms with Crippen LogP contribution in [0.3, 0.4) is 0 Å². The molecule has 0 radical (unpaired) electrons. The van der Waals surface area contributed by atoms with Crippen LogP contribution in [0.15, 0.2) is 16.7 Å². The van der Waals surface area contributed by atoms with Gasteiger partial charge in [0.1, 0.15) is 0 Å². The second-order valence-electron chi connectivity index (χ2n) is 4.27. The van der Waals surface area contributed by atoms with Crippen LogP contribution in [-0.4, -0.2) is 50.3 Å². The number of halogens is 1. The molecule has 1 aliphatic heterocycles. The molecule has 2 heterocycles. The van der Waals surface area contributed by atoms with Crippen LogP contribution in [0.2, 0.25) is 5.22 Å². The molecule has 0 unspecified atom stereocenters. The van der Waals surface area contributed by atoms with Gasteiger partial charge in [-0.05, 0) is 24.1 Å². The molecule has 1 saturated heterocycles. The molecule has 0 saturated carbocycles. The minimum atomic E-state index is -0.143. The number of ether oxygens (including phenoxy) is 2. The largest absolute Gasteiger partial charge is 0.452 e. The van der Waals surface area contributed by atoms with E-state index in [0.29, 0.717) is 18.7 Å². The van der Waals surface area contributed by atoms with E-state index in [-0.39, 0.29) is 23.3 Å². The average molecular weight is 274 g/mol. The van der Waals surface area contributed by atoms with Gasteiger partial charge < -0.3 is 18.8 Å². The van der Waals surface area contributed by atoms with Gasteiger partial charge in [-0.1, -0.05) is 0 Å². The Morgan fingerprint density at radius 3 is 2.94 bits per heavy atom. The lowest BCUT2D eigenvalue weighted by Gasteiger charge is -2.23. The van der Waals surface area contributed by atoms with Crippen LogP contribution in [0.4, 0.5) is 0 Å².